The lowest BCUT2D eigenvalue weighted by molar-refractivity contribution is 0.544. The second kappa shape index (κ2) is 4.28. The molecule has 4 heteroatoms. The Morgan fingerprint density at radius 3 is 2.62 bits per heavy atom. The molecule has 0 bridgehead atoms. The normalized spacial score (nSPS) is 11.1. The molecule has 1 heterocycles. The van der Waals surface area contributed by atoms with Crippen LogP contribution in [0.1, 0.15) is 26.3 Å². The average molecular weight is 183 g/mol. The molecule has 4 nitrogen and oxygen atoms in total. The lowest BCUT2D eigenvalue weighted by atomic mass is 10.4. The van der Waals surface area contributed by atoms with Crippen LogP contribution in [0.15, 0.2) is 17.2 Å². The van der Waals surface area contributed by atoms with Gasteiger partial charge in [0.2, 0.25) is 0 Å². The summed E-state index contributed by atoms with van der Waals surface area (Å²) in [5.41, 5.74) is 5.43. The van der Waals surface area contributed by atoms with E-state index in [0.717, 1.165) is 13.0 Å². The van der Waals surface area contributed by atoms with Gasteiger partial charge in [-0.15, -0.1) is 0 Å². The summed E-state index contributed by atoms with van der Waals surface area (Å²) in [4.78, 5) is 11.6. The van der Waals surface area contributed by atoms with E-state index in [9.17, 15) is 4.79 Å². The molecule has 74 valence electrons. The Morgan fingerprint density at radius 1 is 1.46 bits per heavy atom. The van der Waals surface area contributed by atoms with Crippen molar-refractivity contribution in [1.29, 1.82) is 0 Å². The summed E-state index contributed by atoms with van der Waals surface area (Å²) in [7, 11) is 0. The molecule has 0 unspecified atom stereocenters. The van der Waals surface area contributed by atoms with Crippen molar-refractivity contribution in [2.75, 3.05) is 6.54 Å². The molecule has 0 aliphatic heterocycles. The summed E-state index contributed by atoms with van der Waals surface area (Å²) >= 11 is 0. The average Bonchev–Trinajstić information content (AvgIpc) is 2.43. The molecule has 0 saturated carbocycles. The van der Waals surface area contributed by atoms with Crippen molar-refractivity contribution in [3.63, 3.8) is 0 Å². The van der Waals surface area contributed by atoms with Crippen LogP contribution >= 0.6 is 0 Å². The third kappa shape index (κ3) is 2.21. The van der Waals surface area contributed by atoms with Gasteiger partial charge in [-0.2, -0.15) is 0 Å². The Balaban J connectivity index is 2.81. The molecule has 1 aromatic heterocycles. The highest BCUT2D eigenvalue weighted by molar-refractivity contribution is 4.83. The van der Waals surface area contributed by atoms with Gasteiger partial charge in [0.15, 0.2) is 0 Å². The first-order chi connectivity index (χ1) is 6.16. The molecule has 0 radical (unpaired) electrons. The molecule has 1 rings (SSSR count). The minimum Gasteiger partial charge on any atom is -0.330 e. The van der Waals surface area contributed by atoms with E-state index in [4.69, 9.17) is 5.73 Å². The van der Waals surface area contributed by atoms with Crippen molar-refractivity contribution in [2.45, 2.75) is 32.9 Å². The minimum absolute atomic E-state index is 0.0588. The van der Waals surface area contributed by atoms with Gasteiger partial charge in [-0.25, -0.2) is 4.79 Å². The molecule has 13 heavy (non-hydrogen) atoms. The second-order valence-corrected chi connectivity index (χ2v) is 3.42. The van der Waals surface area contributed by atoms with Gasteiger partial charge in [-0.3, -0.25) is 9.13 Å². The molecular weight excluding hydrogens is 166 g/mol. The SMILES string of the molecule is CC(C)n1ccn(CCCN)c1=O. The standard InChI is InChI=1S/C9H17N3O/c1-8(2)12-7-6-11(9(12)13)5-3-4-10/h6-8H,3-5,10H2,1-2H3. The van der Waals surface area contributed by atoms with Crippen molar-refractivity contribution in [2.24, 2.45) is 5.73 Å². The van der Waals surface area contributed by atoms with Crippen molar-refractivity contribution in [1.82, 2.24) is 9.13 Å². The summed E-state index contributed by atoms with van der Waals surface area (Å²) in [5.74, 6) is 0. The van der Waals surface area contributed by atoms with E-state index in [2.05, 4.69) is 0 Å². The zero-order chi connectivity index (χ0) is 9.84. The zero-order valence-electron chi connectivity index (χ0n) is 8.23. The van der Waals surface area contributed by atoms with Crippen LogP contribution in [0.3, 0.4) is 0 Å². The van der Waals surface area contributed by atoms with E-state index >= 15 is 0 Å². The third-order valence-corrected chi connectivity index (χ3v) is 2.03. The van der Waals surface area contributed by atoms with Crippen LogP contribution in [0.25, 0.3) is 0 Å². The number of hydrogen-bond donors (Lipinski definition) is 1. The highest BCUT2D eigenvalue weighted by Gasteiger charge is 2.04. The number of imidazole rings is 1. The molecule has 0 amide bonds. The molecule has 0 aromatic carbocycles. The van der Waals surface area contributed by atoms with Gasteiger partial charge in [0, 0.05) is 25.0 Å². The molecule has 0 spiro atoms. The first-order valence-electron chi connectivity index (χ1n) is 4.64. The molecule has 2 N–H and O–H groups in total. The maximum atomic E-state index is 11.6. The first-order valence-corrected chi connectivity index (χ1v) is 4.64. The highest BCUT2D eigenvalue weighted by atomic mass is 16.1. The zero-order valence-corrected chi connectivity index (χ0v) is 8.23. The quantitative estimate of drug-likeness (QED) is 0.742. The fraction of sp³-hybridized carbons (Fsp3) is 0.667. The molecule has 0 aliphatic rings. The van der Waals surface area contributed by atoms with Crippen LogP contribution in [0, 0.1) is 0 Å². The largest absolute Gasteiger partial charge is 0.330 e. The van der Waals surface area contributed by atoms with Gasteiger partial charge in [-0.05, 0) is 26.8 Å². The predicted molar refractivity (Wildman–Crippen MR) is 52.7 cm³/mol. The number of nitrogens with zero attached hydrogens (tertiary/aromatic N) is 2. The Hall–Kier alpha value is -1.03. The predicted octanol–water partition coefficient (Wildman–Crippen LogP) is 0.580. The lowest BCUT2D eigenvalue weighted by Gasteiger charge is -2.04. The van der Waals surface area contributed by atoms with Crippen molar-refractivity contribution >= 4 is 0 Å². The van der Waals surface area contributed by atoms with Crippen LogP contribution in [0.4, 0.5) is 0 Å². The van der Waals surface area contributed by atoms with E-state index in [0.29, 0.717) is 6.54 Å². The lowest BCUT2D eigenvalue weighted by Crippen LogP contribution is -2.25. The summed E-state index contributed by atoms with van der Waals surface area (Å²) in [6.45, 7) is 5.33. The Labute approximate surface area is 78.0 Å². The smallest absolute Gasteiger partial charge is 0.328 e. The van der Waals surface area contributed by atoms with Crippen LogP contribution < -0.4 is 11.4 Å². The van der Waals surface area contributed by atoms with Gasteiger partial charge >= 0.3 is 5.69 Å². The fourth-order valence-electron chi connectivity index (χ4n) is 1.25. The number of nitrogens with two attached hydrogens (primary N) is 1. The van der Waals surface area contributed by atoms with Crippen molar-refractivity contribution in [3.05, 3.63) is 22.9 Å². The summed E-state index contributed by atoms with van der Waals surface area (Å²) in [6.07, 6.45) is 4.49. The van der Waals surface area contributed by atoms with Gasteiger partial charge in [0.05, 0.1) is 0 Å². The van der Waals surface area contributed by atoms with Gasteiger partial charge in [0.1, 0.15) is 0 Å². The number of aromatic nitrogens is 2. The second-order valence-electron chi connectivity index (χ2n) is 3.42. The van der Waals surface area contributed by atoms with Crippen LogP contribution in [-0.4, -0.2) is 15.7 Å². The van der Waals surface area contributed by atoms with E-state index < -0.39 is 0 Å². The van der Waals surface area contributed by atoms with Crippen LogP contribution in [0.5, 0.6) is 0 Å². The highest BCUT2D eigenvalue weighted by Crippen LogP contribution is 1.99. The molecule has 0 fully saturated rings. The Bertz CT molecular complexity index is 311. The van der Waals surface area contributed by atoms with E-state index in [1.807, 2.05) is 26.2 Å². The van der Waals surface area contributed by atoms with E-state index in [-0.39, 0.29) is 11.7 Å². The molecule has 0 atom stereocenters. The summed E-state index contributed by atoms with van der Waals surface area (Å²) in [6, 6.07) is 0.228. The maximum Gasteiger partial charge on any atom is 0.328 e. The van der Waals surface area contributed by atoms with Crippen molar-refractivity contribution < 1.29 is 0 Å². The van der Waals surface area contributed by atoms with Crippen LogP contribution in [0.2, 0.25) is 0 Å². The van der Waals surface area contributed by atoms with Gasteiger partial charge in [-0.1, -0.05) is 0 Å². The number of rotatable bonds is 4. The van der Waals surface area contributed by atoms with Crippen LogP contribution in [-0.2, 0) is 6.54 Å². The maximum absolute atomic E-state index is 11.6. The summed E-state index contributed by atoms with van der Waals surface area (Å²) < 4.78 is 3.42. The third-order valence-electron chi connectivity index (χ3n) is 2.03. The van der Waals surface area contributed by atoms with Gasteiger partial charge < -0.3 is 5.73 Å². The first kappa shape index (κ1) is 10.1. The molecule has 0 aliphatic carbocycles. The molecule has 1 aromatic rings. The fourth-order valence-corrected chi connectivity index (χ4v) is 1.25. The monoisotopic (exact) mass is 183 g/mol. The van der Waals surface area contributed by atoms with Crippen molar-refractivity contribution in [3.8, 4) is 0 Å². The van der Waals surface area contributed by atoms with Gasteiger partial charge in [0.25, 0.3) is 0 Å². The molecular formula is C9H17N3O. The molecule has 0 saturated heterocycles. The summed E-state index contributed by atoms with van der Waals surface area (Å²) in [5, 5.41) is 0. The Kier molecular flexibility index (Phi) is 3.31. The number of aryl methyl sites for hydroxylation is 1. The topological polar surface area (TPSA) is 52.9 Å². The van der Waals surface area contributed by atoms with E-state index in [1.54, 1.807) is 9.13 Å². The van der Waals surface area contributed by atoms with E-state index in [1.165, 1.54) is 0 Å². The number of hydrogen-bond acceptors (Lipinski definition) is 2. The minimum atomic E-state index is 0.0588. The Morgan fingerprint density at radius 2 is 2.15 bits per heavy atom.